The van der Waals surface area contributed by atoms with Crippen LogP contribution in [0.4, 0.5) is 0 Å². The van der Waals surface area contributed by atoms with Crippen molar-refractivity contribution in [2.45, 2.75) is 83.5 Å². The first-order valence-corrected chi connectivity index (χ1v) is 8.60. The Morgan fingerprint density at radius 3 is 2.62 bits per heavy atom. The van der Waals surface area contributed by atoms with Crippen LogP contribution in [0.1, 0.15) is 64.1 Å². The molecule has 2 aliphatic heterocycles. The fraction of sp³-hybridized carbons (Fsp3) is 0.875. The third-order valence-corrected chi connectivity index (χ3v) is 4.80. The number of hydrogen-bond acceptors (Lipinski definition) is 5. The van der Waals surface area contributed by atoms with Gasteiger partial charge in [0.1, 0.15) is 0 Å². The Kier molecular flexibility index (Phi) is 4.91. The van der Waals surface area contributed by atoms with Gasteiger partial charge >= 0.3 is 0 Å². The topological polar surface area (TPSA) is 54.2 Å². The highest BCUT2D eigenvalue weighted by Gasteiger charge is 2.36. The van der Waals surface area contributed by atoms with Crippen LogP contribution in [0.3, 0.4) is 0 Å². The van der Waals surface area contributed by atoms with Crippen molar-refractivity contribution in [2.24, 2.45) is 0 Å². The zero-order valence-electron chi connectivity index (χ0n) is 13.3. The Morgan fingerprint density at radius 2 is 1.95 bits per heavy atom. The van der Waals surface area contributed by atoms with Crippen molar-refractivity contribution in [3.8, 4) is 0 Å². The normalized spacial score (nSPS) is 28.4. The van der Waals surface area contributed by atoms with Crippen molar-refractivity contribution in [1.29, 1.82) is 0 Å². The molecule has 2 fully saturated rings. The second-order valence-electron chi connectivity index (χ2n) is 6.59. The van der Waals surface area contributed by atoms with Gasteiger partial charge in [-0.25, -0.2) is 0 Å². The third kappa shape index (κ3) is 3.64. The van der Waals surface area contributed by atoms with Crippen molar-refractivity contribution >= 4 is 0 Å². The van der Waals surface area contributed by atoms with Crippen molar-refractivity contribution in [1.82, 2.24) is 20.4 Å². The summed E-state index contributed by atoms with van der Waals surface area (Å²) < 4.78 is 5.44. The minimum Gasteiger partial charge on any atom is -0.338 e. The molecule has 0 saturated carbocycles. The minimum atomic E-state index is 0.672. The Hall–Kier alpha value is -0.940. The van der Waals surface area contributed by atoms with E-state index in [2.05, 4.69) is 34.2 Å². The maximum atomic E-state index is 5.44. The van der Waals surface area contributed by atoms with E-state index in [4.69, 9.17) is 4.52 Å². The predicted octanol–water partition coefficient (Wildman–Crippen LogP) is 2.52. The van der Waals surface area contributed by atoms with E-state index in [1.807, 2.05) is 0 Å². The fourth-order valence-electron chi connectivity index (χ4n) is 3.86. The highest BCUT2D eigenvalue weighted by Crippen LogP contribution is 2.30. The maximum absolute atomic E-state index is 5.44. The number of nitrogens with one attached hydrogen (secondary N) is 1. The highest BCUT2D eigenvalue weighted by atomic mass is 16.5. The van der Waals surface area contributed by atoms with Crippen molar-refractivity contribution < 1.29 is 4.52 Å². The molecule has 0 aliphatic carbocycles. The second kappa shape index (κ2) is 6.88. The highest BCUT2D eigenvalue weighted by molar-refractivity contribution is 4.96. The quantitative estimate of drug-likeness (QED) is 0.837. The van der Waals surface area contributed by atoms with Crippen molar-refractivity contribution in [3.63, 3.8) is 0 Å². The van der Waals surface area contributed by atoms with Crippen LogP contribution in [-0.2, 0) is 13.0 Å². The summed E-state index contributed by atoms with van der Waals surface area (Å²) in [5.41, 5.74) is 0. The van der Waals surface area contributed by atoms with E-state index in [-0.39, 0.29) is 0 Å². The first kappa shape index (κ1) is 15.0. The fourth-order valence-corrected chi connectivity index (χ4v) is 3.86. The molecule has 5 nitrogen and oxygen atoms in total. The van der Waals surface area contributed by atoms with E-state index in [1.165, 1.54) is 32.1 Å². The van der Waals surface area contributed by atoms with Crippen LogP contribution in [0.5, 0.6) is 0 Å². The Morgan fingerprint density at radius 1 is 1.19 bits per heavy atom. The van der Waals surface area contributed by atoms with Crippen LogP contribution in [0, 0.1) is 0 Å². The number of aromatic nitrogens is 2. The van der Waals surface area contributed by atoms with Gasteiger partial charge in [-0.3, -0.25) is 4.90 Å². The molecule has 21 heavy (non-hydrogen) atoms. The average molecular weight is 292 g/mol. The van der Waals surface area contributed by atoms with E-state index in [1.54, 1.807) is 0 Å². The van der Waals surface area contributed by atoms with E-state index in [9.17, 15) is 0 Å². The average Bonchev–Trinajstić information content (AvgIpc) is 3.05. The summed E-state index contributed by atoms with van der Waals surface area (Å²) in [6.45, 7) is 6.33. The Labute approximate surface area is 127 Å². The van der Waals surface area contributed by atoms with E-state index in [0.29, 0.717) is 6.04 Å². The summed E-state index contributed by atoms with van der Waals surface area (Å²) in [4.78, 5) is 7.10. The standard InChI is InChI=1S/C16H28N4O/c1-3-5-15-18-16(21-19-15)11-20(8-4-2)14-9-12-6-7-13(10-14)17-12/h12-14,17H,3-11H2,1-2H3. The second-order valence-corrected chi connectivity index (χ2v) is 6.59. The van der Waals surface area contributed by atoms with Crippen molar-refractivity contribution in [2.75, 3.05) is 6.54 Å². The molecule has 1 aromatic heterocycles. The van der Waals surface area contributed by atoms with Gasteiger partial charge in [-0.2, -0.15) is 4.98 Å². The van der Waals surface area contributed by atoms with Crippen LogP contribution < -0.4 is 5.32 Å². The largest absolute Gasteiger partial charge is 0.338 e. The number of aryl methyl sites for hydroxylation is 1. The molecule has 0 amide bonds. The first-order valence-electron chi connectivity index (χ1n) is 8.60. The summed E-state index contributed by atoms with van der Waals surface area (Å²) in [6, 6.07) is 2.13. The molecular formula is C16H28N4O. The molecule has 0 spiro atoms. The monoisotopic (exact) mass is 292 g/mol. The van der Waals surface area contributed by atoms with Gasteiger partial charge in [0.15, 0.2) is 5.82 Å². The van der Waals surface area contributed by atoms with E-state index in [0.717, 1.165) is 49.7 Å². The minimum absolute atomic E-state index is 0.672. The van der Waals surface area contributed by atoms with Crippen LogP contribution in [-0.4, -0.2) is 39.7 Å². The van der Waals surface area contributed by atoms with Crippen LogP contribution in [0.25, 0.3) is 0 Å². The van der Waals surface area contributed by atoms with Gasteiger partial charge in [0.25, 0.3) is 0 Å². The Bertz CT molecular complexity index is 435. The maximum Gasteiger partial charge on any atom is 0.240 e. The van der Waals surface area contributed by atoms with Crippen LogP contribution >= 0.6 is 0 Å². The van der Waals surface area contributed by atoms with Gasteiger partial charge in [0.2, 0.25) is 5.89 Å². The zero-order valence-corrected chi connectivity index (χ0v) is 13.3. The number of fused-ring (bicyclic) bond motifs is 2. The SMILES string of the molecule is CCCc1noc(CN(CCC)C2CC3CCC(C2)N3)n1. The molecule has 2 bridgehead atoms. The number of nitrogens with zero attached hydrogens (tertiary/aromatic N) is 3. The molecule has 3 rings (SSSR count). The molecule has 2 atom stereocenters. The summed E-state index contributed by atoms with van der Waals surface area (Å²) >= 11 is 0. The predicted molar refractivity (Wildman–Crippen MR) is 82.0 cm³/mol. The van der Waals surface area contributed by atoms with Crippen LogP contribution in [0.2, 0.25) is 0 Å². The lowest BCUT2D eigenvalue weighted by atomic mass is 9.98. The van der Waals surface area contributed by atoms with Gasteiger partial charge < -0.3 is 9.84 Å². The molecule has 2 aliphatic rings. The molecule has 1 aromatic rings. The lowest BCUT2D eigenvalue weighted by Crippen LogP contribution is -2.48. The number of piperidine rings is 1. The lowest BCUT2D eigenvalue weighted by Gasteiger charge is -2.37. The van der Waals surface area contributed by atoms with Crippen LogP contribution in [0.15, 0.2) is 4.52 Å². The number of rotatable bonds is 7. The summed E-state index contributed by atoms with van der Waals surface area (Å²) in [5, 5.41) is 7.81. The summed E-state index contributed by atoms with van der Waals surface area (Å²) in [5.74, 6) is 1.65. The molecule has 1 N–H and O–H groups in total. The smallest absolute Gasteiger partial charge is 0.240 e. The van der Waals surface area contributed by atoms with Gasteiger partial charge in [-0.05, 0) is 45.1 Å². The van der Waals surface area contributed by atoms with Gasteiger partial charge in [0.05, 0.1) is 6.54 Å². The number of hydrogen-bond donors (Lipinski definition) is 1. The summed E-state index contributed by atoms with van der Waals surface area (Å²) in [7, 11) is 0. The molecule has 0 radical (unpaired) electrons. The lowest BCUT2D eigenvalue weighted by molar-refractivity contribution is 0.119. The molecule has 2 unspecified atom stereocenters. The molecule has 118 valence electrons. The van der Waals surface area contributed by atoms with Crippen molar-refractivity contribution in [3.05, 3.63) is 11.7 Å². The Balaban J connectivity index is 1.63. The summed E-state index contributed by atoms with van der Waals surface area (Å²) in [6.07, 6.45) is 8.39. The van der Waals surface area contributed by atoms with Gasteiger partial charge in [0, 0.05) is 24.5 Å². The molecular weight excluding hydrogens is 264 g/mol. The zero-order chi connectivity index (χ0) is 14.7. The molecule has 5 heteroatoms. The first-order chi connectivity index (χ1) is 10.3. The molecule has 2 saturated heterocycles. The third-order valence-electron chi connectivity index (χ3n) is 4.80. The van der Waals surface area contributed by atoms with Gasteiger partial charge in [-0.1, -0.05) is 19.0 Å². The van der Waals surface area contributed by atoms with E-state index < -0.39 is 0 Å². The van der Waals surface area contributed by atoms with Gasteiger partial charge in [-0.15, -0.1) is 0 Å². The molecule has 0 aromatic carbocycles. The van der Waals surface area contributed by atoms with E-state index >= 15 is 0 Å². The molecule has 3 heterocycles.